The van der Waals surface area contributed by atoms with E-state index in [-0.39, 0.29) is 36.2 Å². The summed E-state index contributed by atoms with van der Waals surface area (Å²) in [5, 5.41) is 41.2. The Balaban J connectivity index is 1.34. The molecule has 4 aliphatic rings. The fraction of sp³-hybridized carbons (Fsp3) is 0.742. The molecule has 0 aromatic rings. The zero-order valence-electron chi connectivity index (χ0n) is 25.0. The van der Waals surface area contributed by atoms with Gasteiger partial charge in [0.2, 0.25) is 5.91 Å². The average molecular weight is 604 g/mol. The highest BCUT2D eigenvalue weighted by Crippen LogP contribution is 2.67. The molecule has 0 aromatic carbocycles. The smallest absolute Gasteiger partial charge is 0.326 e. The number of aliphatic carboxylic acids is 1. The average Bonchev–Trinajstić information content (AvgIpc) is 3.20. The van der Waals surface area contributed by atoms with Crippen molar-refractivity contribution < 1.29 is 34.5 Å². The normalized spacial score (nSPS) is 37.6. The maximum Gasteiger partial charge on any atom is 0.326 e. The number of hydrogen-bond donors (Lipinski definition) is 5. The first-order valence-corrected chi connectivity index (χ1v) is 16.3. The molecule has 4 rings (SSSR count). The van der Waals surface area contributed by atoms with Gasteiger partial charge in [-0.2, -0.15) is 11.8 Å². The summed E-state index contributed by atoms with van der Waals surface area (Å²) in [6.45, 7) is 5.40. The Morgan fingerprint density at radius 2 is 1.98 bits per heavy atom. The van der Waals surface area contributed by atoms with Gasteiger partial charge < -0.3 is 30.8 Å². The summed E-state index contributed by atoms with van der Waals surface area (Å²) in [5.74, 6) is 1.65. The molecule has 42 heavy (non-hydrogen) atoms. The topological polar surface area (TPSA) is 158 Å². The van der Waals surface area contributed by atoms with E-state index in [1.165, 1.54) is 24.3 Å². The first-order valence-electron chi connectivity index (χ1n) is 14.9. The van der Waals surface area contributed by atoms with Gasteiger partial charge in [0, 0.05) is 5.41 Å². The molecule has 2 amide bonds. The Hall–Kier alpha value is -2.55. The van der Waals surface area contributed by atoms with Crippen molar-refractivity contribution in [2.45, 2.75) is 95.9 Å². The lowest BCUT2D eigenvalue weighted by atomic mass is 9.45. The van der Waals surface area contributed by atoms with Crippen LogP contribution < -0.4 is 10.6 Å². The second-order valence-corrected chi connectivity index (χ2v) is 14.0. The first kappa shape index (κ1) is 32.4. The van der Waals surface area contributed by atoms with E-state index in [4.69, 9.17) is 11.3 Å². The summed E-state index contributed by atoms with van der Waals surface area (Å²) in [4.78, 5) is 41.5. The maximum absolute atomic E-state index is 12.4. The van der Waals surface area contributed by atoms with Gasteiger partial charge in [0.15, 0.2) is 6.61 Å². The number of thioether (sulfide) groups is 1. The predicted octanol–water partition coefficient (Wildman–Crippen LogP) is 2.48. The van der Waals surface area contributed by atoms with E-state index < -0.39 is 47.0 Å². The second kappa shape index (κ2) is 12.6. The molecule has 3 fully saturated rings. The Bertz CT molecular complexity index is 1180. The Morgan fingerprint density at radius 3 is 2.64 bits per heavy atom. The number of nitrogens with one attached hydrogen (secondary N) is 2. The molecule has 0 saturated heterocycles. The van der Waals surface area contributed by atoms with E-state index in [1.807, 2.05) is 12.3 Å². The van der Waals surface area contributed by atoms with Gasteiger partial charge in [0.25, 0.3) is 5.91 Å². The van der Waals surface area contributed by atoms with Crippen LogP contribution >= 0.6 is 11.8 Å². The van der Waals surface area contributed by atoms with Gasteiger partial charge in [0.05, 0.1) is 11.8 Å². The van der Waals surface area contributed by atoms with Crippen LogP contribution in [-0.4, -0.2) is 81.2 Å². The number of oxime groups is 1. The number of rotatable bonds is 10. The molecule has 3 saturated carbocycles. The van der Waals surface area contributed by atoms with Crippen LogP contribution in [0.1, 0.15) is 72.1 Å². The molecule has 0 aliphatic heterocycles. The molecule has 0 radical (unpaired) electrons. The van der Waals surface area contributed by atoms with Crippen molar-refractivity contribution in [3.05, 3.63) is 11.6 Å². The lowest BCUT2D eigenvalue weighted by molar-refractivity contribution is -0.153. The zero-order valence-corrected chi connectivity index (χ0v) is 25.8. The number of terminal acetylenes is 1. The highest BCUT2D eigenvalue weighted by Gasteiger charge is 2.66. The minimum atomic E-state index is -1.17. The van der Waals surface area contributed by atoms with Gasteiger partial charge in [-0.05, 0) is 99.5 Å². The molecule has 4 aliphatic carbocycles. The lowest BCUT2D eigenvalue weighted by Gasteiger charge is -2.60. The first-order chi connectivity index (χ1) is 19.8. The van der Waals surface area contributed by atoms with E-state index in [9.17, 15) is 29.7 Å². The molecule has 232 valence electrons. The zero-order chi connectivity index (χ0) is 30.9. The Labute approximate surface area is 252 Å². The molecule has 0 spiro atoms. The standard InChI is InChI=1S/C31H45N3O7S/c1-6-31(40)13-10-22-21-8-7-19-15-20(9-12-29(19,3)26(21)24(35)16-30(22,31)4)34-41-17-25(36)32-18(2)27(37)33-23(28(38)39)11-14-42-5/h1,15,18,21-24,26,35,40H,7-14,16-17H2,2-5H3,(H,32,36)(H,33,37)(H,38,39)/b34-20-/t18-,21+,22+,23+,24+,26-,29+,30+,31+/m1/s1. The van der Waals surface area contributed by atoms with Crippen LogP contribution in [0.5, 0.6) is 0 Å². The number of hydrogen-bond acceptors (Lipinski definition) is 8. The van der Waals surface area contributed by atoms with Crippen LogP contribution in [0.3, 0.4) is 0 Å². The summed E-state index contributed by atoms with van der Waals surface area (Å²) >= 11 is 1.49. The van der Waals surface area contributed by atoms with Crippen LogP contribution in [0, 0.1) is 40.9 Å². The van der Waals surface area contributed by atoms with Crippen LogP contribution in [0.4, 0.5) is 0 Å². The number of aliphatic hydroxyl groups is 2. The van der Waals surface area contributed by atoms with Crippen molar-refractivity contribution in [3.8, 4) is 12.3 Å². The molecular formula is C31H45N3O7S. The number of amides is 2. The van der Waals surface area contributed by atoms with E-state index in [2.05, 4.69) is 35.6 Å². The molecule has 0 bridgehead atoms. The quantitative estimate of drug-likeness (QED) is 0.188. The van der Waals surface area contributed by atoms with Crippen molar-refractivity contribution in [1.82, 2.24) is 10.6 Å². The van der Waals surface area contributed by atoms with Gasteiger partial charge in [-0.1, -0.05) is 30.5 Å². The fourth-order valence-electron chi connectivity index (χ4n) is 8.33. The van der Waals surface area contributed by atoms with E-state index in [0.29, 0.717) is 25.0 Å². The number of carbonyl (C=O) groups is 3. The third-order valence-corrected chi connectivity index (χ3v) is 11.3. The Morgan fingerprint density at radius 1 is 1.24 bits per heavy atom. The monoisotopic (exact) mass is 603 g/mol. The van der Waals surface area contributed by atoms with E-state index in [1.54, 1.807) is 0 Å². The van der Waals surface area contributed by atoms with Gasteiger partial charge in [-0.15, -0.1) is 6.42 Å². The number of carbonyl (C=O) groups excluding carboxylic acids is 2. The van der Waals surface area contributed by atoms with Crippen LogP contribution in [-0.2, 0) is 19.2 Å². The fourth-order valence-corrected chi connectivity index (χ4v) is 8.80. The van der Waals surface area contributed by atoms with Gasteiger partial charge in [0.1, 0.15) is 17.7 Å². The van der Waals surface area contributed by atoms with E-state index in [0.717, 1.165) is 31.4 Å². The number of nitrogens with zero attached hydrogens (tertiary/aromatic N) is 1. The summed E-state index contributed by atoms with van der Waals surface area (Å²) in [7, 11) is 0. The molecule has 10 nitrogen and oxygen atoms in total. The third-order valence-electron chi connectivity index (χ3n) is 10.7. The number of fused-ring (bicyclic) bond motifs is 5. The number of carboxylic acid groups (broad SMARTS) is 1. The third kappa shape index (κ3) is 5.95. The van der Waals surface area contributed by atoms with Crippen LogP contribution in [0.15, 0.2) is 16.8 Å². The molecule has 11 heteroatoms. The summed E-state index contributed by atoms with van der Waals surface area (Å²) < 4.78 is 0. The minimum absolute atomic E-state index is 0.0815. The molecule has 0 unspecified atom stereocenters. The van der Waals surface area contributed by atoms with Gasteiger partial charge in [-0.3, -0.25) is 9.59 Å². The molecule has 0 aromatic heterocycles. The van der Waals surface area contributed by atoms with E-state index >= 15 is 0 Å². The number of aliphatic hydroxyl groups excluding tert-OH is 1. The van der Waals surface area contributed by atoms with Crippen molar-refractivity contribution in [1.29, 1.82) is 0 Å². The predicted molar refractivity (Wildman–Crippen MR) is 160 cm³/mol. The van der Waals surface area contributed by atoms with Crippen molar-refractivity contribution in [2.24, 2.45) is 33.7 Å². The molecular weight excluding hydrogens is 558 g/mol. The van der Waals surface area contributed by atoms with Crippen molar-refractivity contribution >= 4 is 35.3 Å². The summed E-state index contributed by atoms with van der Waals surface area (Å²) in [5.41, 5.74) is 0.112. The highest BCUT2D eigenvalue weighted by atomic mass is 32.2. The number of carboxylic acids is 1. The molecule has 5 N–H and O–H groups in total. The minimum Gasteiger partial charge on any atom is -0.480 e. The Kier molecular flexibility index (Phi) is 9.70. The van der Waals surface area contributed by atoms with Crippen LogP contribution in [0.2, 0.25) is 0 Å². The van der Waals surface area contributed by atoms with Gasteiger partial charge >= 0.3 is 5.97 Å². The summed E-state index contributed by atoms with van der Waals surface area (Å²) in [6.07, 6.45) is 14.6. The summed E-state index contributed by atoms with van der Waals surface area (Å²) in [6, 6.07) is -1.95. The second-order valence-electron chi connectivity index (χ2n) is 13.0. The molecule has 0 heterocycles. The highest BCUT2D eigenvalue weighted by molar-refractivity contribution is 7.98. The van der Waals surface area contributed by atoms with Crippen LogP contribution in [0.25, 0.3) is 0 Å². The SMILES string of the molecule is C#C[C@]1(O)CC[C@H]2[C@@H]3CCC4=C/C(=N\OCC(=O)N[C@H](C)C(=O)N[C@@H](CCSC)C(=O)O)CC[C@]4(C)[C@H]3[C@@H](O)C[C@@]21C. The van der Waals surface area contributed by atoms with Crippen molar-refractivity contribution in [3.63, 3.8) is 0 Å². The maximum atomic E-state index is 12.4. The van der Waals surface area contributed by atoms with Crippen molar-refractivity contribution in [2.75, 3.05) is 18.6 Å². The van der Waals surface area contributed by atoms with Gasteiger partial charge in [-0.25, -0.2) is 4.79 Å². The largest absolute Gasteiger partial charge is 0.480 e. The molecule has 9 atom stereocenters. The number of allylic oxidation sites excluding steroid dienone is 2. The lowest BCUT2D eigenvalue weighted by Crippen LogP contribution is -2.59.